The van der Waals surface area contributed by atoms with Crippen molar-refractivity contribution >= 4 is 11.9 Å². The zero-order valence-corrected chi connectivity index (χ0v) is 11.6. The number of methoxy groups -OCH3 is 3. The summed E-state index contributed by atoms with van der Waals surface area (Å²) >= 11 is 0. The predicted octanol–water partition coefficient (Wildman–Crippen LogP) is 1.51. The van der Waals surface area contributed by atoms with Gasteiger partial charge in [-0.3, -0.25) is 9.59 Å². The Kier molecular flexibility index (Phi) is 5.36. The zero-order valence-electron chi connectivity index (χ0n) is 11.6. The molecule has 0 aliphatic rings. The topological polar surface area (TPSA) is 61.8 Å². The molecule has 5 nitrogen and oxygen atoms in total. The highest BCUT2D eigenvalue weighted by Crippen LogP contribution is 2.24. The summed E-state index contributed by atoms with van der Waals surface area (Å²) in [4.78, 5) is 23.3. The van der Waals surface area contributed by atoms with E-state index in [1.54, 1.807) is 7.11 Å². The Balaban J connectivity index is 3.03. The lowest BCUT2D eigenvalue weighted by molar-refractivity contribution is -0.158. The molecule has 0 fully saturated rings. The lowest BCUT2D eigenvalue weighted by Gasteiger charge is -2.15. The first-order valence-electron chi connectivity index (χ1n) is 5.83. The molecule has 0 amide bonds. The molecule has 0 saturated heterocycles. The summed E-state index contributed by atoms with van der Waals surface area (Å²) in [5.41, 5.74) is 1.74. The van der Waals surface area contributed by atoms with Crippen molar-refractivity contribution in [3.8, 4) is 5.75 Å². The molecule has 0 bridgehead atoms. The van der Waals surface area contributed by atoms with Crippen LogP contribution in [0.4, 0.5) is 0 Å². The quantitative estimate of drug-likeness (QED) is 0.597. The summed E-state index contributed by atoms with van der Waals surface area (Å²) in [7, 11) is 4.07. The predicted molar refractivity (Wildman–Crippen MR) is 69.0 cm³/mol. The average Bonchev–Trinajstić information content (AvgIpc) is 2.44. The molecule has 0 spiro atoms. The van der Waals surface area contributed by atoms with E-state index >= 15 is 0 Å². The standard InChI is InChI=1S/C14H18O5/c1-9-10(6-5-7-12(9)17-2)8-11(13(15)18-3)14(16)19-4/h5-7,11H,8H2,1-4H3. The highest BCUT2D eigenvalue weighted by atomic mass is 16.5. The Labute approximate surface area is 112 Å². The number of esters is 2. The van der Waals surface area contributed by atoms with E-state index in [0.717, 1.165) is 11.1 Å². The van der Waals surface area contributed by atoms with Gasteiger partial charge in [0.25, 0.3) is 0 Å². The van der Waals surface area contributed by atoms with E-state index in [1.807, 2.05) is 25.1 Å². The smallest absolute Gasteiger partial charge is 0.320 e. The fraction of sp³-hybridized carbons (Fsp3) is 0.429. The summed E-state index contributed by atoms with van der Waals surface area (Å²) in [6.07, 6.45) is 0.225. The number of carbonyl (C=O) groups excluding carboxylic acids is 2. The molecule has 0 aliphatic carbocycles. The molecule has 104 valence electrons. The summed E-state index contributed by atoms with van der Waals surface area (Å²) in [5.74, 6) is -1.45. The second-order valence-corrected chi connectivity index (χ2v) is 4.05. The van der Waals surface area contributed by atoms with Crippen molar-refractivity contribution < 1.29 is 23.8 Å². The van der Waals surface area contributed by atoms with Crippen LogP contribution in [-0.4, -0.2) is 33.3 Å². The summed E-state index contributed by atoms with van der Waals surface area (Å²) in [5, 5.41) is 0. The third-order valence-electron chi connectivity index (χ3n) is 3.01. The first-order chi connectivity index (χ1) is 9.04. The van der Waals surface area contributed by atoms with Gasteiger partial charge in [-0.25, -0.2) is 0 Å². The fourth-order valence-corrected chi connectivity index (χ4v) is 1.87. The summed E-state index contributed by atoms with van der Waals surface area (Å²) in [6.45, 7) is 1.87. The van der Waals surface area contributed by atoms with Crippen LogP contribution < -0.4 is 4.74 Å². The Morgan fingerprint density at radius 3 is 2.16 bits per heavy atom. The molecule has 0 heterocycles. The van der Waals surface area contributed by atoms with Gasteiger partial charge in [0, 0.05) is 0 Å². The summed E-state index contributed by atoms with van der Waals surface area (Å²) in [6, 6.07) is 5.48. The van der Waals surface area contributed by atoms with Gasteiger partial charge < -0.3 is 14.2 Å². The first kappa shape index (κ1) is 15.0. The summed E-state index contributed by atoms with van der Waals surface area (Å²) < 4.78 is 14.5. The van der Waals surface area contributed by atoms with Crippen molar-refractivity contribution in [1.82, 2.24) is 0 Å². The molecular weight excluding hydrogens is 248 g/mol. The molecule has 0 aliphatic heterocycles. The molecule has 0 N–H and O–H groups in total. The van der Waals surface area contributed by atoms with Crippen LogP contribution in [0, 0.1) is 12.8 Å². The van der Waals surface area contributed by atoms with Gasteiger partial charge in [0.05, 0.1) is 21.3 Å². The minimum atomic E-state index is -0.958. The highest BCUT2D eigenvalue weighted by molar-refractivity contribution is 5.95. The molecule has 5 heteroatoms. The van der Waals surface area contributed by atoms with Crippen LogP contribution in [0.5, 0.6) is 5.75 Å². The van der Waals surface area contributed by atoms with Crippen LogP contribution in [0.15, 0.2) is 18.2 Å². The molecule has 19 heavy (non-hydrogen) atoms. The zero-order chi connectivity index (χ0) is 14.4. The molecule has 1 rings (SSSR count). The number of hydrogen-bond acceptors (Lipinski definition) is 5. The van der Waals surface area contributed by atoms with Crippen molar-refractivity contribution in [1.29, 1.82) is 0 Å². The maximum absolute atomic E-state index is 11.6. The molecule has 0 atom stereocenters. The number of rotatable bonds is 5. The van der Waals surface area contributed by atoms with Crippen LogP contribution in [0.2, 0.25) is 0 Å². The third kappa shape index (κ3) is 3.47. The molecular formula is C14H18O5. The van der Waals surface area contributed by atoms with Gasteiger partial charge in [-0.1, -0.05) is 12.1 Å². The highest BCUT2D eigenvalue weighted by Gasteiger charge is 2.29. The van der Waals surface area contributed by atoms with Gasteiger partial charge >= 0.3 is 11.9 Å². The van der Waals surface area contributed by atoms with Gasteiger partial charge in [0.15, 0.2) is 5.92 Å². The fourth-order valence-electron chi connectivity index (χ4n) is 1.87. The van der Waals surface area contributed by atoms with Crippen LogP contribution in [0.1, 0.15) is 11.1 Å². The molecule has 1 aromatic rings. The van der Waals surface area contributed by atoms with Crippen LogP contribution in [0.3, 0.4) is 0 Å². The van der Waals surface area contributed by atoms with Gasteiger partial charge in [0.1, 0.15) is 5.75 Å². The van der Waals surface area contributed by atoms with E-state index in [0.29, 0.717) is 5.75 Å². The van der Waals surface area contributed by atoms with Crippen LogP contribution >= 0.6 is 0 Å². The van der Waals surface area contributed by atoms with Gasteiger partial charge in [-0.05, 0) is 30.5 Å². The Hall–Kier alpha value is -2.04. The van der Waals surface area contributed by atoms with E-state index in [-0.39, 0.29) is 6.42 Å². The lowest BCUT2D eigenvalue weighted by atomic mass is 9.95. The Morgan fingerprint density at radius 1 is 1.11 bits per heavy atom. The molecule has 0 saturated carbocycles. The van der Waals surface area contributed by atoms with Crippen molar-refractivity contribution in [2.24, 2.45) is 5.92 Å². The van der Waals surface area contributed by atoms with E-state index < -0.39 is 17.9 Å². The van der Waals surface area contributed by atoms with Gasteiger partial charge in [-0.2, -0.15) is 0 Å². The SMILES string of the molecule is COC(=O)C(Cc1cccc(OC)c1C)C(=O)OC. The Morgan fingerprint density at radius 2 is 1.68 bits per heavy atom. The number of hydrogen-bond donors (Lipinski definition) is 0. The number of benzene rings is 1. The second-order valence-electron chi connectivity index (χ2n) is 4.05. The largest absolute Gasteiger partial charge is 0.496 e. The van der Waals surface area contributed by atoms with Crippen LogP contribution in [0.25, 0.3) is 0 Å². The third-order valence-corrected chi connectivity index (χ3v) is 3.01. The number of carbonyl (C=O) groups is 2. The average molecular weight is 266 g/mol. The molecule has 0 aromatic heterocycles. The lowest BCUT2D eigenvalue weighted by Crippen LogP contribution is -2.28. The van der Waals surface area contributed by atoms with E-state index in [1.165, 1.54) is 14.2 Å². The Bertz CT molecular complexity index is 451. The molecule has 0 radical (unpaired) electrons. The monoisotopic (exact) mass is 266 g/mol. The normalized spacial score (nSPS) is 10.2. The maximum atomic E-state index is 11.6. The molecule has 0 unspecified atom stereocenters. The van der Waals surface area contributed by atoms with E-state index in [9.17, 15) is 9.59 Å². The van der Waals surface area contributed by atoms with Crippen molar-refractivity contribution in [2.75, 3.05) is 21.3 Å². The van der Waals surface area contributed by atoms with Crippen LogP contribution in [-0.2, 0) is 25.5 Å². The first-order valence-corrected chi connectivity index (χ1v) is 5.83. The van der Waals surface area contributed by atoms with Gasteiger partial charge in [0.2, 0.25) is 0 Å². The van der Waals surface area contributed by atoms with Gasteiger partial charge in [-0.15, -0.1) is 0 Å². The minimum absolute atomic E-state index is 0.225. The van der Waals surface area contributed by atoms with E-state index in [4.69, 9.17) is 4.74 Å². The van der Waals surface area contributed by atoms with Crippen molar-refractivity contribution in [3.05, 3.63) is 29.3 Å². The maximum Gasteiger partial charge on any atom is 0.320 e. The van der Waals surface area contributed by atoms with E-state index in [2.05, 4.69) is 9.47 Å². The second kappa shape index (κ2) is 6.78. The van der Waals surface area contributed by atoms with Crippen molar-refractivity contribution in [2.45, 2.75) is 13.3 Å². The molecule has 1 aromatic carbocycles. The number of ether oxygens (including phenoxy) is 3. The minimum Gasteiger partial charge on any atom is -0.496 e. The van der Waals surface area contributed by atoms with Crippen molar-refractivity contribution in [3.63, 3.8) is 0 Å².